The minimum atomic E-state index is -2.75. The Morgan fingerprint density at radius 3 is 2.53 bits per heavy atom. The Kier molecular flexibility index (Phi) is 6.12. The molecular formula is C26H29F2N3O7. The third-order valence-corrected chi connectivity index (χ3v) is 8.34. The molecule has 204 valence electrons. The van der Waals surface area contributed by atoms with E-state index in [1.54, 1.807) is 4.90 Å². The van der Waals surface area contributed by atoms with E-state index in [2.05, 4.69) is 0 Å². The highest BCUT2D eigenvalue weighted by molar-refractivity contribution is 6.24. The molecule has 1 heterocycles. The Balaban J connectivity index is 1.62. The highest BCUT2D eigenvalue weighted by Gasteiger charge is 2.63. The van der Waals surface area contributed by atoms with Gasteiger partial charge in [0, 0.05) is 42.3 Å². The van der Waals surface area contributed by atoms with Crippen LogP contribution < -0.4 is 5.73 Å². The highest BCUT2D eigenvalue weighted by Crippen LogP contribution is 2.52. The van der Waals surface area contributed by atoms with Gasteiger partial charge in [0.05, 0.1) is 11.6 Å². The quantitative estimate of drug-likeness (QED) is 0.352. The number of hydrogen-bond acceptors (Lipinski definition) is 9. The number of hydrogen-bond donors (Lipinski definition) is 5. The Hall–Kier alpha value is -3.35. The lowest BCUT2D eigenvalue weighted by Crippen LogP contribution is -2.63. The molecule has 38 heavy (non-hydrogen) atoms. The second kappa shape index (κ2) is 8.85. The molecule has 0 saturated carbocycles. The summed E-state index contributed by atoms with van der Waals surface area (Å²) in [5, 5.41) is 44.3. The summed E-state index contributed by atoms with van der Waals surface area (Å²) in [7, 11) is 3.05. The van der Waals surface area contributed by atoms with Crippen molar-refractivity contribution < 1.29 is 43.6 Å². The minimum absolute atomic E-state index is 0.0358. The molecule has 3 aliphatic carbocycles. The smallest absolute Gasteiger partial charge is 0.255 e. The molecule has 1 aromatic carbocycles. The van der Waals surface area contributed by atoms with Crippen LogP contribution in [0.5, 0.6) is 5.75 Å². The summed E-state index contributed by atoms with van der Waals surface area (Å²) in [6.45, 7) is 0.587. The summed E-state index contributed by atoms with van der Waals surface area (Å²) in [6.07, 6.45) is -0.980. The van der Waals surface area contributed by atoms with Crippen LogP contribution in [-0.4, -0.2) is 92.7 Å². The van der Waals surface area contributed by atoms with E-state index in [0.29, 0.717) is 13.0 Å². The third-order valence-electron chi connectivity index (χ3n) is 8.34. The highest BCUT2D eigenvalue weighted by atomic mass is 19.1. The molecule has 5 atom stereocenters. The molecule has 1 saturated heterocycles. The van der Waals surface area contributed by atoms with Gasteiger partial charge in [0.1, 0.15) is 34.8 Å². The molecule has 0 unspecified atom stereocenters. The zero-order chi connectivity index (χ0) is 27.8. The zero-order valence-electron chi connectivity index (χ0n) is 20.9. The average molecular weight is 534 g/mol. The number of carbonyl (C=O) groups excluding carboxylic acids is 3. The molecule has 1 aliphatic heterocycles. The Morgan fingerprint density at radius 2 is 1.95 bits per heavy atom. The third kappa shape index (κ3) is 3.57. The number of aromatic hydroxyl groups is 1. The first-order valence-corrected chi connectivity index (χ1v) is 12.3. The number of halogens is 2. The van der Waals surface area contributed by atoms with E-state index in [1.807, 2.05) is 0 Å². The summed E-state index contributed by atoms with van der Waals surface area (Å²) < 4.78 is 29.3. The van der Waals surface area contributed by atoms with Crippen LogP contribution in [0.25, 0.3) is 0 Å². The Bertz CT molecular complexity index is 1340. The molecule has 0 spiro atoms. The van der Waals surface area contributed by atoms with Gasteiger partial charge in [-0.25, -0.2) is 8.78 Å². The average Bonchev–Trinajstić information content (AvgIpc) is 3.23. The molecule has 0 bridgehead atoms. The number of rotatable bonds is 4. The number of likely N-dealkylation sites (N-methyl/N-ethyl adjacent to an activating group) is 1. The van der Waals surface area contributed by atoms with Crippen molar-refractivity contribution in [3.05, 3.63) is 51.2 Å². The molecule has 0 aromatic heterocycles. The van der Waals surface area contributed by atoms with Gasteiger partial charge in [-0.05, 0) is 45.3 Å². The number of allylic oxidation sites excluding steroid dienone is 1. The number of benzene rings is 1. The maximum absolute atomic E-state index is 15.7. The van der Waals surface area contributed by atoms with Gasteiger partial charge >= 0.3 is 0 Å². The molecule has 0 radical (unpaired) electrons. The van der Waals surface area contributed by atoms with E-state index >= 15 is 4.39 Å². The molecule has 1 aromatic rings. The summed E-state index contributed by atoms with van der Waals surface area (Å²) in [6, 6.07) is -0.0378. The van der Waals surface area contributed by atoms with Gasteiger partial charge in [0.15, 0.2) is 11.4 Å². The number of nitrogens with two attached hydrogens (primary N) is 1. The molecule has 10 nitrogen and oxygen atoms in total. The summed E-state index contributed by atoms with van der Waals surface area (Å²) >= 11 is 0. The fourth-order valence-electron chi connectivity index (χ4n) is 6.64. The van der Waals surface area contributed by atoms with Gasteiger partial charge in [-0.15, -0.1) is 0 Å². The van der Waals surface area contributed by atoms with Crippen molar-refractivity contribution in [3.8, 4) is 5.75 Å². The van der Waals surface area contributed by atoms with E-state index in [4.69, 9.17) is 5.73 Å². The van der Waals surface area contributed by atoms with Crippen LogP contribution in [0.3, 0.4) is 0 Å². The lowest BCUT2D eigenvalue weighted by Gasteiger charge is -2.50. The van der Waals surface area contributed by atoms with Crippen LogP contribution >= 0.6 is 0 Å². The van der Waals surface area contributed by atoms with Gasteiger partial charge < -0.3 is 26.2 Å². The lowest BCUT2D eigenvalue weighted by atomic mass is 9.58. The van der Waals surface area contributed by atoms with Crippen molar-refractivity contribution in [1.29, 1.82) is 0 Å². The van der Waals surface area contributed by atoms with E-state index in [-0.39, 0.29) is 42.6 Å². The molecule has 6 N–H and O–H groups in total. The Labute approximate surface area is 216 Å². The number of phenols is 1. The second-order valence-electron chi connectivity index (χ2n) is 10.8. The number of aliphatic hydroxyl groups excluding tert-OH is 2. The van der Waals surface area contributed by atoms with Crippen LogP contribution in [0.1, 0.15) is 34.3 Å². The van der Waals surface area contributed by atoms with E-state index in [0.717, 1.165) is 6.07 Å². The Morgan fingerprint density at radius 1 is 1.26 bits per heavy atom. The van der Waals surface area contributed by atoms with Gasteiger partial charge in [-0.2, -0.15) is 0 Å². The number of Topliss-reactive ketones (excluding diaryl/α,β-unsaturated/α-hetero) is 2. The number of alkyl halides is 1. The van der Waals surface area contributed by atoms with Crippen LogP contribution in [0.2, 0.25) is 0 Å². The first-order chi connectivity index (χ1) is 17.8. The summed E-state index contributed by atoms with van der Waals surface area (Å²) in [5.74, 6) is -8.62. The standard InChI is InChI=1S/C26H29F2N3O7/c1-30(2)20-14-6-10-5-13-17(15(32)7-11(19(13)28)8-31-4-3-12(27)9-31)21(33)16(10)23(35)26(14,38)24(36)18(22(20)34)25(29)37/h7,10,12,14,20,32,34-35,38H,3-6,8-9H2,1-2H3,(H2,29,37)/t10-,12-,14-,20-,26-/m0/s1. The van der Waals surface area contributed by atoms with Crippen molar-refractivity contribution in [3.63, 3.8) is 0 Å². The normalized spacial score (nSPS) is 31.5. The molecular weight excluding hydrogens is 504 g/mol. The largest absolute Gasteiger partial charge is 0.510 e. The van der Waals surface area contributed by atoms with Crippen molar-refractivity contribution in [1.82, 2.24) is 9.80 Å². The van der Waals surface area contributed by atoms with Crippen molar-refractivity contribution in [2.24, 2.45) is 17.6 Å². The van der Waals surface area contributed by atoms with Gasteiger partial charge in [0.25, 0.3) is 5.91 Å². The van der Waals surface area contributed by atoms with Crippen LogP contribution in [-0.2, 0) is 22.6 Å². The molecule has 4 aliphatic rings. The number of carbonyl (C=O) groups is 3. The molecule has 5 rings (SSSR count). The number of fused-ring (bicyclic) bond motifs is 3. The number of primary amides is 1. The van der Waals surface area contributed by atoms with E-state index in [9.17, 15) is 39.2 Å². The number of amides is 1. The SMILES string of the molecule is CN(C)[C@@H]1C(O)=C(C(N)=O)C(=O)[C@@]2(O)C(O)=C3C(=O)c4c(O)cc(CN5CC[C@H](F)C5)c(F)c4C[C@H]3C[C@@H]12. The number of phenolic OH excluding ortho intramolecular Hbond substituents is 1. The topological polar surface area (TPSA) is 165 Å². The lowest BCUT2D eigenvalue weighted by molar-refractivity contribution is -0.148. The summed E-state index contributed by atoms with van der Waals surface area (Å²) in [4.78, 5) is 42.0. The predicted octanol–water partition coefficient (Wildman–Crippen LogP) is 0.804. The van der Waals surface area contributed by atoms with E-state index < -0.39 is 81.3 Å². The maximum atomic E-state index is 15.7. The predicted molar refractivity (Wildman–Crippen MR) is 128 cm³/mol. The first kappa shape index (κ1) is 26.3. The zero-order valence-corrected chi connectivity index (χ0v) is 20.9. The van der Waals surface area contributed by atoms with Crippen molar-refractivity contribution in [2.75, 3.05) is 27.2 Å². The molecule has 1 fully saturated rings. The fourth-order valence-corrected chi connectivity index (χ4v) is 6.64. The number of aliphatic hydroxyl groups is 3. The minimum Gasteiger partial charge on any atom is -0.510 e. The number of likely N-dealkylation sites (tertiary alicyclic amines) is 1. The van der Waals surface area contributed by atoms with Crippen LogP contribution in [0.15, 0.2) is 28.7 Å². The van der Waals surface area contributed by atoms with Crippen molar-refractivity contribution >= 4 is 17.5 Å². The summed E-state index contributed by atoms with van der Waals surface area (Å²) in [5.41, 5.74) is 0.932. The fraction of sp³-hybridized carbons (Fsp3) is 0.500. The van der Waals surface area contributed by atoms with E-state index in [1.165, 1.54) is 19.0 Å². The maximum Gasteiger partial charge on any atom is 0.255 e. The molecule has 1 amide bonds. The molecule has 12 heteroatoms. The number of ketones is 2. The number of nitrogens with zero attached hydrogens (tertiary/aromatic N) is 2. The van der Waals surface area contributed by atoms with Crippen LogP contribution in [0.4, 0.5) is 8.78 Å². The van der Waals surface area contributed by atoms with Crippen molar-refractivity contribution in [2.45, 2.75) is 43.6 Å². The van der Waals surface area contributed by atoms with Gasteiger partial charge in [0.2, 0.25) is 5.78 Å². The van der Waals surface area contributed by atoms with Gasteiger partial charge in [-0.1, -0.05) is 0 Å². The first-order valence-electron chi connectivity index (χ1n) is 12.3. The van der Waals surface area contributed by atoms with Crippen LogP contribution in [0, 0.1) is 17.7 Å². The van der Waals surface area contributed by atoms with Gasteiger partial charge in [-0.3, -0.25) is 24.2 Å². The second-order valence-corrected chi connectivity index (χ2v) is 10.8. The monoisotopic (exact) mass is 533 g/mol.